The number of nitrogens with zero attached hydrogens (tertiary/aromatic N) is 5. The van der Waals surface area contributed by atoms with Crippen LogP contribution in [-0.4, -0.2) is 33.9 Å². The molecule has 0 fully saturated rings. The third-order valence-electron chi connectivity index (χ3n) is 5.33. The Balaban J connectivity index is 1.86. The first kappa shape index (κ1) is 24.8. The first-order valence-electron chi connectivity index (χ1n) is 10.8. The van der Waals surface area contributed by atoms with Crippen molar-refractivity contribution in [1.29, 1.82) is 0 Å². The van der Waals surface area contributed by atoms with Crippen molar-refractivity contribution in [1.82, 2.24) is 14.8 Å². The molecule has 0 aliphatic rings. The highest BCUT2D eigenvalue weighted by Gasteiger charge is 2.22. The van der Waals surface area contributed by atoms with Crippen LogP contribution in [0.5, 0.6) is 11.5 Å². The molecule has 2 aromatic carbocycles. The van der Waals surface area contributed by atoms with Crippen LogP contribution < -0.4 is 15.0 Å². The lowest BCUT2D eigenvalue weighted by Crippen LogP contribution is -2.16. The number of hydrogen-bond acceptors (Lipinski definition) is 9. The number of azo groups is 1. The SMILES string of the molecule is COc1ccc(OC)c(N=Nc2c(-c3ccc([N+](=O)[O-])cc3)[nH]n(-c3nc(C(C)(C)C)cs3)c2=O)c1. The molecule has 0 aliphatic heterocycles. The Bertz CT molecular complexity index is 1490. The second kappa shape index (κ2) is 9.74. The van der Waals surface area contributed by atoms with Crippen LogP contribution in [0.15, 0.2) is 62.9 Å². The molecule has 0 aliphatic carbocycles. The third-order valence-corrected chi connectivity index (χ3v) is 6.15. The van der Waals surface area contributed by atoms with Crippen LogP contribution in [0.2, 0.25) is 0 Å². The fourth-order valence-corrected chi connectivity index (χ4v) is 4.31. The van der Waals surface area contributed by atoms with Gasteiger partial charge in [0.2, 0.25) is 5.13 Å². The van der Waals surface area contributed by atoms with E-state index in [-0.39, 0.29) is 16.8 Å². The van der Waals surface area contributed by atoms with Crippen molar-refractivity contribution in [3.8, 4) is 27.9 Å². The van der Waals surface area contributed by atoms with E-state index in [1.165, 1.54) is 42.4 Å². The molecule has 11 nitrogen and oxygen atoms in total. The molecule has 2 heterocycles. The van der Waals surface area contributed by atoms with Gasteiger partial charge in [-0.05, 0) is 24.3 Å². The molecule has 0 saturated heterocycles. The van der Waals surface area contributed by atoms with E-state index in [2.05, 4.69) is 20.3 Å². The lowest BCUT2D eigenvalue weighted by molar-refractivity contribution is -0.384. The quantitative estimate of drug-likeness (QED) is 0.187. The fraction of sp³-hybridized carbons (Fsp3) is 0.250. The lowest BCUT2D eigenvalue weighted by Gasteiger charge is -2.14. The summed E-state index contributed by atoms with van der Waals surface area (Å²) >= 11 is 1.32. The van der Waals surface area contributed by atoms with Gasteiger partial charge in [0.1, 0.15) is 17.2 Å². The number of aromatic amines is 1. The maximum atomic E-state index is 13.5. The van der Waals surface area contributed by atoms with Crippen molar-refractivity contribution in [3.63, 3.8) is 0 Å². The van der Waals surface area contributed by atoms with Crippen LogP contribution in [0.1, 0.15) is 26.5 Å². The highest BCUT2D eigenvalue weighted by molar-refractivity contribution is 7.12. The summed E-state index contributed by atoms with van der Waals surface area (Å²) in [4.78, 5) is 28.7. The topological polar surface area (TPSA) is 137 Å². The number of nitrogens with one attached hydrogen (secondary N) is 1. The summed E-state index contributed by atoms with van der Waals surface area (Å²) in [6.45, 7) is 6.10. The summed E-state index contributed by atoms with van der Waals surface area (Å²) in [6, 6.07) is 10.8. The van der Waals surface area contributed by atoms with Gasteiger partial charge < -0.3 is 9.47 Å². The van der Waals surface area contributed by atoms with Gasteiger partial charge in [-0.1, -0.05) is 20.8 Å². The van der Waals surface area contributed by atoms with Crippen molar-refractivity contribution >= 4 is 28.4 Å². The lowest BCUT2D eigenvalue weighted by atomic mass is 9.93. The summed E-state index contributed by atoms with van der Waals surface area (Å²) in [6.07, 6.45) is 0. The van der Waals surface area contributed by atoms with E-state index in [1.807, 2.05) is 26.2 Å². The normalized spacial score (nSPS) is 11.7. The molecule has 0 spiro atoms. The Kier molecular flexibility index (Phi) is 6.71. The number of H-pyrrole nitrogens is 1. The van der Waals surface area contributed by atoms with Crippen LogP contribution >= 0.6 is 11.3 Å². The van der Waals surface area contributed by atoms with Crippen LogP contribution in [0.4, 0.5) is 17.1 Å². The zero-order valence-electron chi connectivity index (χ0n) is 20.3. The molecule has 4 rings (SSSR count). The molecule has 12 heteroatoms. The first-order chi connectivity index (χ1) is 17.1. The number of rotatable bonds is 7. The molecule has 0 bridgehead atoms. The van der Waals surface area contributed by atoms with E-state index in [1.54, 1.807) is 30.3 Å². The molecule has 0 saturated carbocycles. The molecular formula is C24H24N6O5S. The molecule has 4 aromatic rings. The van der Waals surface area contributed by atoms with Crippen LogP contribution in [0.25, 0.3) is 16.4 Å². The number of nitro benzene ring substituents is 1. The maximum Gasteiger partial charge on any atom is 0.301 e. The molecule has 186 valence electrons. The van der Waals surface area contributed by atoms with Gasteiger partial charge in [0, 0.05) is 34.6 Å². The van der Waals surface area contributed by atoms with Crippen LogP contribution in [-0.2, 0) is 5.41 Å². The average Bonchev–Trinajstić information content (AvgIpc) is 3.47. The zero-order valence-corrected chi connectivity index (χ0v) is 21.1. The summed E-state index contributed by atoms with van der Waals surface area (Å²) in [5.74, 6) is 0.992. The zero-order chi connectivity index (χ0) is 26.0. The van der Waals surface area contributed by atoms with Crippen molar-refractivity contribution < 1.29 is 14.4 Å². The summed E-state index contributed by atoms with van der Waals surface area (Å²) in [7, 11) is 3.03. The highest BCUT2D eigenvalue weighted by Crippen LogP contribution is 2.35. The molecule has 0 amide bonds. The Labute approximate surface area is 210 Å². The predicted molar refractivity (Wildman–Crippen MR) is 137 cm³/mol. The standard InChI is InChI=1S/C24H24N6O5S/c1-24(2,3)19-13-36-23(25-19)29-22(31)21(20(28-29)14-6-8-15(9-7-14)30(32)33)27-26-17-12-16(34-4)10-11-18(17)35-5/h6-13,28H,1-5H3. The fourth-order valence-electron chi connectivity index (χ4n) is 3.30. The summed E-state index contributed by atoms with van der Waals surface area (Å²) in [5.41, 5.74) is 1.35. The second-order valence-corrected chi connectivity index (χ2v) is 9.62. The molecule has 0 atom stereocenters. The molecule has 2 aromatic heterocycles. The molecule has 0 radical (unpaired) electrons. The van der Waals surface area contributed by atoms with Crippen molar-refractivity contribution in [2.24, 2.45) is 10.2 Å². The number of thiazole rings is 1. The Morgan fingerprint density at radius 3 is 2.39 bits per heavy atom. The monoisotopic (exact) mass is 508 g/mol. The minimum absolute atomic E-state index is 0.0150. The summed E-state index contributed by atoms with van der Waals surface area (Å²) in [5, 5.41) is 25.0. The van der Waals surface area contributed by atoms with E-state index < -0.39 is 10.5 Å². The Morgan fingerprint density at radius 1 is 1.08 bits per heavy atom. The van der Waals surface area contributed by atoms with Crippen molar-refractivity contribution in [2.75, 3.05) is 14.2 Å². The number of benzene rings is 2. The van der Waals surface area contributed by atoms with Gasteiger partial charge in [-0.15, -0.1) is 21.6 Å². The van der Waals surface area contributed by atoms with Crippen LogP contribution in [0.3, 0.4) is 0 Å². The van der Waals surface area contributed by atoms with Gasteiger partial charge in [-0.3, -0.25) is 20.0 Å². The van der Waals surface area contributed by atoms with Gasteiger partial charge in [0.15, 0.2) is 5.69 Å². The molecule has 0 unspecified atom stereocenters. The minimum Gasteiger partial charge on any atom is -0.497 e. The molecular weight excluding hydrogens is 484 g/mol. The Hall–Kier alpha value is -4.32. The number of hydrogen-bond donors (Lipinski definition) is 1. The molecule has 36 heavy (non-hydrogen) atoms. The number of methoxy groups -OCH3 is 2. The average molecular weight is 509 g/mol. The first-order valence-corrected chi connectivity index (χ1v) is 11.7. The van der Waals surface area contributed by atoms with Gasteiger partial charge >= 0.3 is 5.56 Å². The number of ether oxygens (including phenoxy) is 2. The predicted octanol–water partition coefficient (Wildman–Crippen LogP) is 5.93. The number of non-ortho nitro benzene ring substituents is 1. The maximum absolute atomic E-state index is 13.5. The Morgan fingerprint density at radius 2 is 1.81 bits per heavy atom. The molecule has 1 N–H and O–H groups in total. The van der Waals surface area contributed by atoms with Crippen molar-refractivity contribution in [3.05, 3.63) is 74.0 Å². The van der Waals surface area contributed by atoms with Crippen molar-refractivity contribution in [2.45, 2.75) is 26.2 Å². The second-order valence-electron chi connectivity index (χ2n) is 8.78. The van der Waals surface area contributed by atoms with E-state index in [9.17, 15) is 14.9 Å². The smallest absolute Gasteiger partial charge is 0.301 e. The minimum atomic E-state index is -0.489. The van der Waals surface area contributed by atoms with E-state index >= 15 is 0 Å². The van der Waals surface area contributed by atoms with Gasteiger partial charge in [-0.2, -0.15) is 4.68 Å². The largest absolute Gasteiger partial charge is 0.497 e. The van der Waals surface area contributed by atoms with E-state index in [4.69, 9.17) is 9.47 Å². The van der Waals surface area contributed by atoms with E-state index in [0.29, 0.717) is 33.6 Å². The third kappa shape index (κ3) is 4.89. The van der Waals surface area contributed by atoms with Crippen LogP contribution in [0, 0.1) is 10.1 Å². The van der Waals surface area contributed by atoms with Gasteiger partial charge in [0.05, 0.1) is 30.5 Å². The number of aromatic nitrogens is 3. The van der Waals surface area contributed by atoms with Gasteiger partial charge in [0.25, 0.3) is 5.69 Å². The summed E-state index contributed by atoms with van der Waals surface area (Å²) < 4.78 is 11.9. The van der Waals surface area contributed by atoms with E-state index in [0.717, 1.165) is 5.69 Å². The number of nitro groups is 1. The highest BCUT2D eigenvalue weighted by atomic mass is 32.1. The van der Waals surface area contributed by atoms with Gasteiger partial charge in [-0.25, -0.2) is 4.98 Å².